The van der Waals surface area contributed by atoms with E-state index in [0.717, 1.165) is 31.5 Å². The van der Waals surface area contributed by atoms with E-state index in [4.69, 9.17) is 9.47 Å². The van der Waals surface area contributed by atoms with E-state index in [9.17, 15) is 4.79 Å². The van der Waals surface area contributed by atoms with Crippen LogP contribution in [0, 0.1) is 5.92 Å². The first-order valence-electron chi connectivity index (χ1n) is 8.22. The van der Waals surface area contributed by atoms with Crippen molar-refractivity contribution in [3.8, 4) is 5.88 Å². The van der Waals surface area contributed by atoms with Crippen molar-refractivity contribution >= 4 is 5.91 Å². The van der Waals surface area contributed by atoms with Crippen LogP contribution in [-0.2, 0) is 16.1 Å². The fourth-order valence-electron chi connectivity index (χ4n) is 3.66. The van der Waals surface area contributed by atoms with Crippen LogP contribution in [0.4, 0.5) is 0 Å². The zero-order valence-corrected chi connectivity index (χ0v) is 13.9. The Hall–Kier alpha value is -1.66. The van der Waals surface area contributed by atoms with Crippen LogP contribution in [0.5, 0.6) is 5.88 Å². The van der Waals surface area contributed by atoms with Crippen LogP contribution >= 0.6 is 0 Å². The van der Waals surface area contributed by atoms with E-state index >= 15 is 0 Å². The first-order chi connectivity index (χ1) is 11.2. The third kappa shape index (κ3) is 3.48. The molecule has 2 bridgehead atoms. The van der Waals surface area contributed by atoms with Crippen LogP contribution in [0.15, 0.2) is 18.3 Å². The lowest BCUT2D eigenvalue weighted by Gasteiger charge is -2.46. The number of rotatable bonds is 6. The first kappa shape index (κ1) is 16.2. The number of likely N-dealkylation sites (tertiary alicyclic amines) is 2. The maximum absolute atomic E-state index is 12.8. The average molecular weight is 319 g/mol. The molecule has 0 aliphatic carbocycles. The van der Waals surface area contributed by atoms with Gasteiger partial charge in [-0.25, -0.2) is 4.98 Å². The molecule has 1 aromatic rings. The number of hydrogen-bond donors (Lipinski definition) is 0. The molecule has 2 aliphatic rings. The molecule has 2 atom stereocenters. The topological polar surface area (TPSA) is 54.9 Å². The SMILES string of the molecule is COCCN1C[C@H]2CCN(Cc3cccnc3OC)[C@H](C2)C1=O. The van der Waals surface area contributed by atoms with Gasteiger partial charge in [-0.1, -0.05) is 6.07 Å². The summed E-state index contributed by atoms with van der Waals surface area (Å²) in [6.45, 7) is 3.83. The van der Waals surface area contributed by atoms with E-state index in [1.807, 2.05) is 17.0 Å². The standard InChI is InChI=1S/C17H25N3O3/c1-22-9-8-20-11-13-5-7-19(15(10-13)17(20)21)12-14-4-3-6-18-16(14)23-2/h3-4,6,13,15H,5,7-12H2,1-2H3/t13-,15+/m0/s1. The minimum atomic E-state index is -0.0238. The van der Waals surface area contributed by atoms with Crippen LogP contribution in [0.25, 0.3) is 0 Å². The number of ether oxygens (including phenoxy) is 2. The predicted molar refractivity (Wildman–Crippen MR) is 86.2 cm³/mol. The number of fused-ring (bicyclic) bond motifs is 2. The first-order valence-corrected chi connectivity index (χ1v) is 8.22. The number of carbonyl (C=O) groups is 1. The molecule has 6 nitrogen and oxygen atoms in total. The molecule has 126 valence electrons. The fourth-order valence-corrected chi connectivity index (χ4v) is 3.66. The fraction of sp³-hybridized carbons (Fsp3) is 0.647. The highest BCUT2D eigenvalue weighted by Crippen LogP contribution is 2.31. The van der Waals surface area contributed by atoms with Crippen molar-refractivity contribution in [3.63, 3.8) is 0 Å². The maximum atomic E-state index is 12.8. The summed E-state index contributed by atoms with van der Waals surface area (Å²) >= 11 is 0. The van der Waals surface area contributed by atoms with E-state index in [-0.39, 0.29) is 11.9 Å². The van der Waals surface area contributed by atoms with Gasteiger partial charge in [-0.15, -0.1) is 0 Å². The van der Waals surface area contributed by atoms with Crippen LogP contribution in [0.3, 0.4) is 0 Å². The summed E-state index contributed by atoms with van der Waals surface area (Å²) in [5.41, 5.74) is 1.04. The largest absolute Gasteiger partial charge is 0.481 e. The highest BCUT2D eigenvalue weighted by atomic mass is 16.5. The summed E-state index contributed by atoms with van der Waals surface area (Å²) < 4.78 is 10.5. The summed E-state index contributed by atoms with van der Waals surface area (Å²) in [5.74, 6) is 1.50. The quantitative estimate of drug-likeness (QED) is 0.787. The van der Waals surface area contributed by atoms with Crippen molar-refractivity contribution in [1.82, 2.24) is 14.8 Å². The van der Waals surface area contributed by atoms with Crippen molar-refractivity contribution in [2.75, 3.05) is 40.5 Å². The Morgan fingerprint density at radius 1 is 1.39 bits per heavy atom. The molecule has 0 N–H and O–H groups in total. The number of amides is 1. The van der Waals surface area contributed by atoms with Gasteiger partial charge in [0.05, 0.1) is 19.8 Å². The van der Waals surface area contributed by atoms with Crippen LogP contribution in [-0.4, -0.2) is 67.2 Å². The van der Waals surface area contributed by atoms with Crippen molar-refractivity contribution in [1.29, 1.82) is 0 Å². The molecule has 2 saturated heterocycles. The molecule has 3 heterocycles. The van der Waals surface area contributed by atoms with Gasteiger partial charge in [0, 0.05) is 38.5 Å². The molecule has 1 amide bonds. The molecular weight excluding hydrogens is 294 g/mol. The lowest BCUT2D eigenvalue weighted by Crippen LogP contribution is -2.59. The molecule has 0 unspecified atom stereocenters. The molecule has 23 heavy (non-hydrogen) atoms. The molecule has 0 spiro atoms. The smallest absolute Gasteiger partial charge is 0.240 e. The Bertz CT molecular complexity index is 552. The number of hydrogen-bond acceptors (Lipinski definition) is 5. The Labute approximate surface area is 137 Å². The summed E-state index contributed by atoms with van der Waals surface area (Å²) in [6, 6.07) is 3.91. The van der Waals surface area contributed by atoms with E-state index in [1.54, 1.807) is 20.4 Å². The zero-order valence-electron chi connectivity index (χ0n) is 13.9. The molecular formula is C17H25N3O3. The maximum Gasteiger partial charge on any atom is 0.240 e. The van der Waals surface area contributed by atoms with Gasteiger partial charge in [0.25, 0.3) is 0 Å². The average Bonchev–Trinajstić information content (AvgIpc) is 2.59. The number of aromatic nitrogens is 1. The predicted octanol–water partition coefficient (Wildman–Crippen LogP) is 1.16. The normalized spacial score (nSPS) is 24.8. The number of nitrogens with zero attached hydrogens (tertiary/aromatic N) is 3. The summed E-state index contributed by atoms with van der Waals surface area (Å²) in [6.07, 6.45) is 3.83. The van der Waals surface area contributed by atoms with Crippen molar-refractivity contribution in [2.24, 2.45) is 5.92 Å². The lowest BCUT2D eigenvalue weighted by atomic mass is 9.85. The van der Waals surface area contributed by atoms with Gasteiger partial charge in [0.1, 0.15) is 0 Å². The minimum absolute atomic E-state index is 0.0238. The van der Waals surface area contributed by atoms with Crippen molar-refractivity contribution < 1.29 is 14.3 Å². The highest BCUT2D eigenvalue weighted by molar-refractivity contribution is 5.83. The van der Waals surface area contributed by atoms with Crippen LogP contribution < -0.4 is 4.74 Å². The Kier molecular flexibility index (Phi) is 5.13. The second-order valence-corrected chi connectivity index (χ2v) is 6.33. The number of pyridine rings is 1. The Morgan fingerprint density at radius 2 is 2.26 bits per heavy atom. The molecule has 2 fully saturated rings. The number of methoxy groups -OCH3 is 2. The van der Waals surface area contributed by atoms with E-state index in [0.29, 0.717) is 31.5 Å². The van der Waals surface area contributed by atoms with Gasteiger partial charge in [0.15, 0.2) is 0 Å². The van der Waals surface area contributed by atoms with E-state index < -0.39 is 0 Å². The Morgan fingerprint density at radius 3 is 3.04 bits per heavy atom. The van der Waals surface area contributed by atoms with E-state index in [2.05, 4.69) is 9.88 Å². The third-order valence-electron chi connectivity index (χ3n) is 4.88. The molecule has 1 aromatic heterocycles. The second kappa shape index (κ2) is 7.27. The lowest BCUT2D eigenvalue weighted by molar-refractivity contribution is -0.146. The van der Waals surface area contributed by atoms with Crippen molar-refractivity contribution in [3.05, 3.63) is 23.9 Å². The van der Waals surface area contributed by atoms with Gasteiger partial charge >= 0.3 is 0 Å². The van der Waals surface area contributed by atoms with Gasteiger partial charge in [-0.05, 0) is 31.4 Å². The molecule has 6 heteroatoms. The van der Waals surface area contributed by atoms with Gasteiger partial charge in [0.2, 0.25) is 11.8 Å². The van der Waals surface area contributed by atoms with Gasteiger partial charge in [-0.3, -0.25) is 9.69 Å². The summed E-state index contributed by atoms with van der Waals surface area (Å²) in [5, 5.41) is 0. The van der Waals surface area contributed by atoms with Gasteiger partial charge < -0.3 is 14.4 Å². The molecule has 2 aliphatic heterocycles. The van der Waals surface area contributed by atoms with E-state index in [1.165, 1.54) is 0 Å². The van der Waals surface area contributed by atoms with Crippen molar-refractivity contribution in [2.45, 2.75) is 25.4 Å². The number of piperidine rings is 2. The van der Waals surface area contributed by atoms with Crippen LogP contribution in [0.1, 0.15) is 18.4 Å². The summed E-state index contributed by atoms with van der Waals surface area (Å²) in [4.78, 5) is 21.3. The van der Waals surface area contributed by atoms with Crippen LogP contribution in [0.2, 0.25) is 0 Å². The molecule has 0 aromatic carbocycles. The highest BCUT2D eigenvalue weighted by Gasteiger charge is 2.41. The minimum Gasteiger partial charge on any atom is -0.481 e. The third-order valence-corrected chi connectivity index (χ3v) is 4.88. The van der Waals surface area contributed by atoms with Gasteiger partial charge in [-0.2, -0.15) is 0 Å². The molecule has 3 rings (SSSR count). The Balaban J connectivity index is 1.72. The number of carbonyl (C=O) groups excluding carboxylic acids is 1. The second-order valence-electron chi connectivity index (χ2n) is 6.33. The summed E-state index contributed by atoms with van der Waals surface area (Å²) in [7, 11) is 3.31. The molecule has 0 saturated carbocycles. The monoisotopic (exact) mass is 319 g/mol. The zero-order chi connectivity index (χ0) is 16.2. The molecule has 0 radical (unpaired) electrons.